The normalized spacial score (nSPS) is 12.6. The van der Waals surface area contributed by atoms with Gasteiger partial charge in [0.15, 0.2) is 0 Å². The van der Waals surface area contributed by atoms with Crippen LogP contribution in [0.25, 0.3) is 0 Å². The number of halogens is 1. The fourth-order valence-electron chi connectivity index (χ4n) is 0.984. The number of hydrogen-bond donors (Lipinski definition) is 2. The van der Waals surface area contributed by atoms with Crippen molar-refractivity contribution < 1.29 is 4.74 Å². The Morgan fingerprint density at radius 2 is 2.29 bits per heavy atom. The van der Waals surface area contributed by atoms with Crippen LogP contribution in [0.15, 0.2) is 18.2 Å². The van der Waals surface area contributed by atoms with E-state index < -0.39 is 0 Å². The minimum Gasteiger partial charge on any atom is -0.490 e. The summed E-state index contributed by atoms with van der Waals surface area (Å²) in [5.74, 6) is 5.94. The molecule has 0 aromatic heterocycles. The van der Waals surface area contributed by atoms with Gasteiger partial charge in [-0.05, 0) is 31.5 Å². The lowest BCUT2D eigenvalue weighted by Crippen LogP contribution is -2.37. The van der Waals surface area contributed by atoms with E-state index in [0.717, 1.165) is 5.56 Å². The van der Waals surface area contributed by atoms with Crippen LogP contribution in [0.5, 0.6) is 5.75 Å². The van der Waals surface area contributed by atoms with E-state index in [1.54, 1.807) is 0 Å². The van der Waals surface area contributed by atoms with Crippen molar-refractivity contribution in [2.45, 2.75) is 19.9 Å². The molecule has 4 heteroatoms. The second-order valence-electron chi connectivity index (χ2n) is 3.31. The Balaban J connectivity index is 2.62. The summed E-state index contributed by atoms with van der Waals surface area (Å²) in [6.45, 7) is 4.43. The van der Waals surface area contributed by atoms with E-state index in [1.807, 2.05) is 32.0 Å². The van der Waals surface area contributed by atoms with Gasteiger partial charge < -0.3 is 4.74 Å². The van der Waals surface area contributed by atoms with Crippen molar-refractivity contribution in [3.63, 3.8) is 0 Å². The van der Waals surface area contributed by atoms with Crippen molar-refractivity contribution >= 4 is 11.6 Å². The van der Waals surface area contributed by atoms with Gasteiger partial charge >= 0.3 is 0 Å². The molecular formula is C10H15ClN2O. The van der Waals surface area contributed by atoms with E-state index in [-0.39, 0.29) is 6.04 Å². The SMILES string of the molecule is Cc1ccc(Cl)c(OCC(C)NN)c1. The summed E-state index contributed by atoms with van der Waals surface area (Å²) in [5, 5.41) is 0.625. The van der Waals surface area contributed by atoms with Gasteiger partial charge in [0.05, 0.1) is 11.1 Å². The number of rotatable bonds is 4. The van der Waals surface area contributed by atoms with Gasteiger partial charge in [0.1, 0.15) is 12.4 Å². The molecule has 3 nitrogen and oxygen atoms in total. The van der Waals surface area contributed by atoms with E-state index >= 15 is 0 Å². The predicted octanol–water partition coefficient (Wildman–Crippen LogP) is 1.88. The third kappa shape index (κ3) is 3.18. The lowest BCUT2D eigenvalue weighted by atomic mass is 10.2. The van der Waals surface area contributed by atoms with Gasteiger partial charge in [-0.2, -0.15) is 0 Å². The van der Waals surface area contributed by atoms with E-state index in [0.29, 0.717) is 17.4 Å². The number of hydrazine groups is 1. The van der Waals surface area contributed by atoms with Crippen LogP contribution in [0.3, 0.4) is 0 Å². The van der Waals surface area contributed by atoms with Crippen molar-refractivity contribution in [2.75, 3.05) is 6.61 Å². The van der Waals surface area contributed by atoms with Gasteiger partial charge in [-0.25, -0.2) is 0 Å². The van der Waals surface area contributed by atoms with E-state index in [4.69, 9.17) is 22.2 Å². The van der Waals surface area contributed by atoms with Gasteiger partial charge in [0, 0.05) is 0 Å². The highest BCUT2D eigenvalue weighted by Gasteiger charge is 2.04. The summed E-state index contributed by atoms with van der Waals surface area (Å²) in [5.41, 5.74) is 3.72. The maximum atomic E-state index is 5.95. The zero-order chi connectivity index (χ0) is 10.6. The number of hydrogen-bond acceptors (Lipinski definition) is 3. The van der Waals surface area contributed by atoms with Crippen LogP contribution in [0, 0.1) is 6.92 Å². The van der Waals surface area contributed by atoms with Crippen LogP contribution < -0.4 is 16.0 Å². The molecule has 1 unspecified atom stereocenters. The first-order chi connectivity index (χ1) is 6.63. The molecule has 0 aliphatic heterocycles. The summed E-state index contributed by atoms with van der Waals surface area (Å²) >= 11 is 5.95. The second-order valence-corrected chi connectivity index (χ2v) is 3.72. The Hall–Kier alpha value is -0.770. The lowest BCUT2D eigenvalue weighted by molar-refractivity contribution is 0.275. The van der Waals surface area contributed by atoms with E-state index in [1.165, 1.54) is 0 Å². The van der Waals surface area contributed by atoms with Gasteiger partial charge in [-0.15, -0.1) is 0 Å². The third-order valence-electron chi connectivity index (χ3n) is 1.86. The molecule has 0 radical (unpaired) electrons. The first-order valence-corrected chi connectivity index (χ1v) is 4.86. The lowest BCUT2D eigenvalue weighted by Gasteiger charge is -2.13. The third-order valence-corrected chi connectivity index (χ3v) is 2.17. The molecule has 0 aliphatic carbocycles. The quantitative estimate of drug-likeness (QED) is 0.594. The molecular weight excluding hydrogens is 200 g/mol. The molecule has 1 rings (SSSR count). The fraction of sp³-hybridized carbons (Fsp3) is 0.400. The monoisotopic (exact) mass is 214 g/mol. The fourth-order valence-corrected chi connectivity index (χ4v) is 1.16. The van der Waals surface area contributed by atoms with Crippen molar-refractivity contribution in [1.82, 2.24) is 5.43 Å². The van der Waals surface area contributed by atoms with Gasteiger partial charge in [-0.3, -0.25) is 11.3 Å². The maximum absolute atomic E-state index is 5.95. The van der Waals surface area contributed by atoms with Gasteiger partial charge in [0.25, 0.3) is 0 Å². The molecule has 0 amide bonds. The molecule has 1 atom stereocenters. The van der Waals surface area contributed by atoms with Crippen LogP contribution in [-0.4, -0.2) is 12.6 Å². The van der Waals surface area contributed by atoms with Crippen molar-refractivity contribution in [3.8, 4) is 5.75 Å². The molecule has 14 heavy (non-hydrogen) atoms. The van der Waals surface area contributed by atoms with Crippen LogP contribution in [0.2, 0.25) is 5.02 Å². The average molecular weight is 215 g/mol. The highest BCUT2D eigenvalue weighted by molar-refractivity contribution is 6.32. The molecule has 1 aromatic rings. The van der Waals surface area contributed by atoms with Gasteiger partial charge in [-0.1, -0.05) is 17.7 Å². The molecule has 0 fully saturated rings. The van der Waals surface area contributed by atoms with Gasteiger partial charge in [0.2, 0.25) is 0 Å². The van der Waals surface area contributed by atoms with Crippen LogP contribution in [-0.2, 0) is 0 Å². The maximum Gasteiger partial charge on any atom is 0.138 e. The minimum absolute atomic E-state index is 0.103. The molecule has 0 aliphatic rings. The van der Waals surface area contributed by atoms with Crippen LogP contribution >= 0.6 is 11.6 Å². The van der Waals surface area contributed by atoms with Crippen molar-refractivity contribution in [2.24, 2.45) is 5.84 Å². The largest absolute Gasteiger partial charge is 0.490 e. The topological polar surface area (TPSA) is 47.3 Å². The summed E-state index contributed by atoms with van der Waals surface area (Å²) < 4.78 is 5.50. The minimum atomic E-state index is 0.103. The Morgan fingerprint density at radius 3 is 2.93 bits per heavy atom. The summed E-state index contributed by atoms with van der Waals surface area (Å²) in [4.78, 5) is 0. The van der Waals surface area contributed by atoms with Crippen LogP contribution in [0.1, 0.15) is 12.5 Å². The zero-order valence-electron chi connectivity index (χ0n) is 8.38. The number of nitrogens with one attached hydrogen (secondary N) is 1. The first kappa shape index (κ1) is 11.3. The van der Waals surface area contributed by atoms with Crippen LogP contribution in [0.4, 0.5) is 0 Å². The summed E-state index contributed by atoms with van der Waals surface area (Å²) in [6.07, 6.45) is 0. The molecule has 78 valence electrons. The highest BCUT2D eigenvalue weighted by Crippen LogP contribution is 2.25. The molecule has 0 spiro atoms. The molecule has 0 bridgehead atoms. The second kappa shape index (κ2) is 5.20. The average Bonchev–Trinajstić information content (AvgIpc) is 2.19. The molecule has 3 N–H and O–H groups in total. The summed E-state index contributed by atoms with van der Waals surface area (Å²) in [6, 6.07) is 5.78. The number of ether oxygens (including phenoxy) is 1. The Kier molecular flexibility index (Phi) is 4.20. The standard InChI is InChI=1S/C10H15ClN2O/c1-7-3-4-9(11)10(5-7)14-6-8(2)13-12/h3-5,8,13H,6,12H2,1-2H3. The number of nitrogens with two attached hydrogens (primary N) is 1. The highest BCUT2D eigenvalue weighted by atomic mass is 35.5. The zero-order valence-corrected chi connectivity index (χ0v) is 9.14. The van der Waals surface area contributed by atoms with E-state index in [2.05, 4.69) is 5.43 Å². The first-order valence-electron chi connectivity index (χ1n) is 4.48. The Morgan fingerprint density at radius 1 is 1.57 bits per heavy atom. The van der Waals surface area contributed by atoms with E-state index in [9.17, 15) is 0 Å². The molecule has 0 saturated carbocycles. The predicted molar refractivity (Wildman–Crippen MR) is 58.5 cm³/mol. The Bertz CT molecular complexity index is 304. The Labute approximate surface area is 89.2 Å². The number of aryl methyl sites for hydroxylation is 1. The smallest absolute Gasteiger partial charge is 0.138 e. The molecule has 1 aromatic carbocycles. The molecule has 0 heterocycles. The summed E-state index contributed by atoms with van der Waals surface area (Å²) in [7, 11) is 0. The molecule has 0 saturated heterocycles. The number of benzene rings is 1. The van der Waals surface area contributed by atoms with Crippen molar-refractivity contribution in [3.05, 3.63) is 28.8 Å². The van der Waals surface area contributed by atoms with Crippen molar-refractivity contribution in [1.29, 1.82) is 0 Å².